The van der Waals surface area contributed by atoms with Crippen molar-refractivity contribution in [2.75, 3.05) is 6.61 Å². The van der Waals surface area contributed by atoms with Crippen molar-refractivity contribution in [2.45, 2.75) is 111 Å². The Hall–Kier alpha value is -0.283. The molecule has 0 saturated heterocycles. The molecule has 0 bridgehead atoms. The summed E-state index contributed by atoms with van der Waals surface area (Å²) < 4.78 is 12.3. The lowest BCUT2D eigenvalue weighted by Crippen LogP contribution is -2.50. The van der Waals surface area contributed by atoms with E-state index < -0.39 is 8.32 Å². The Kier molecular flexibility index (Phi) is 7.69. The molecule has 0 aromatic heterocycles. The van der Waals surface area contributed by atoms with Gasteiger partial charge < -0.3 is 9.16 Å². The van der Waals surface area contributed by atoms with E-state index in [9.17, 15) is 0 Å². The lowest BCUT2D eigenvalue weighted by Gasteiger charge is -2.50. The summed E-state index contributed by atoms with van der Waals surface area (Å²) in [6, 6.07) is 0. The molecule has 0 aliphatic heterocycles. The van der Waals surface area contributed by atoms with Crippen LogP contribution in [-0.4, -0.2) is 21.0 Å². The molecule has 0 heterocycles. The lowest BCUT2D eigenvalue weighted by molar-refractivity contribution is -0.0209. The SMILES string of the molecule is CCOC=CCC[C@H](C)[C@H]1CC[C@H]2[C@@H](O[Si](C)(C)C(C)(C)C)CCC[C@]12C. The highest BCUT2D eigenvalue weighted by Crippen LogP contribution is 2.59. The Balaban J connectivity index is 2.02. The van der Waals surface area contributed by atoms with Gasteiger partial charge >= 0.3 is 0 Å². The van der Waals surface area contributed by atoms with Gasteiger partial charge in [0, 0.05) is 6.10 Å². The third-order valence-electron chi connectivity index (χ3n) is 8.22. The van der Waals surface area contributed by atoms with Gasteiger partial charge in [-0.25, -0.2) is 0 Å². The summed E-state index contributed by atoms with van der Waals surface area (Å²) in [5.41, 5.74) is 0.480. The van der Waals surface area contributed by atoms with Gasteiger partial charge in [0.05, 0.1) is 12.9 Å². The molecule has 27 heavy (non-hydrogen) atoms. The number of hydrogen-bond donors (Lipinski definition) is 0. The first-order valence-electron chi connectivity index (χ1n) is 11.5. The third kappa shape index (κ3) is 5.21. The summed E-state index contributed by atoms with van der Waals surface area (Å²) >= 11 is 0. The van der Waals surface area contributed by atoms with E-state index in [-0.39, 0.29) is 0 Å². The van der Waals surface area contributed by atoms with E-state index in [4.69, 9.17) is 9.16 Å². The van der Waals surface area contributed by atoms with E-state index in [2.05, 4.69) is 53.8 Å². The average molecular weight is 395 g/mol. The number of fused-ring (bicyclic) bond motifs is 1. The molecule has 0 aromatic carbocycles. The van der Waals surface area contributed by atoms with E-state index in [1.165, 1.54) is 38.5 Å². The monoisotopic (exact) mass is 394 g/mol. The van der Waals surface area contributed by atoms with Crippen molar-refractivity contribution in [1.82, 2.24) is 0 Å². The summed E-state index contributed by atoms with van der Waals surface area (Å²) in [5.74, 6) is 2.42. The topological polar surface area (TPSA) is 18.5 Å². The van der Waals surface area contributed by atoms with Gasteiger partial charge in [-0.15, -0.1) is 0 Å². The van der Waals surface area contributed by atoms with Gasteiger partial charge in [-0.05, 0) is 92.8 Å². The second-order valence-electron chi connectivity index (χ2n) is 11.0. The van der Waals surface area contributed by atoms with Crippen molar-refractivity contribution >= 4 is 8.32 Å². The molecular formula is C24H46O2Si. The molecule has 0 unspecified atom stereocenters. The molecule has 3 heteroatoms. The molecule has 2 aliphatic rings. The maximum atomic E-state index is 6.99. The molecule has 2 nitrogen and oxygen atoms in total. The van der Waals surface area contributed by atoms with E-state index in [0.717, 1.165) is 30.8 Å². The minimum absolute atomic E-state index is 0.305. The van der Waals surface area contributed by atoms with Gasteiger partial charge in [0.15, 0.2) is 8.32 Å². The molecule has 0 amide bonds. The highest BCUT2D eigenvalue weighted by molar-refractivity contribution is 6.74. The Morgan fingerprint density at radius 3 is 2.52 bits per heavy atom. The summed E-state index contributed by atoms with van der Waals surface area (Å²) in [6.45, 7) is 19.9. The Morgan fingerprint density at radius 1 is 1.19 bits per heavy atom. The van der Waals surface area contributed by atoms with E-state index in [1.54, 1.807) is 0 Å². The Bertz CT molecular complexity index is 493. The maximum Gasteiger partial charge on any atom is 0.192 e. The normalized spacial score (nSPS) is 33.3. The molecule has 2 aliphatic carbocycles. The van der Waals surface area contributed by atoms with Gasteiger partial charge in [0.2, 0.25) is 0 Å². The van der Waals surface area contributed by atoms with Crippen molar-refractivity contribution in [1.29, 1.82) is 0 Å². The van der Waals surface area contributed by atoms with Crippen LogP contribution in [-0.2, 0) is 9.16 Å². The van der Waals surface area contributed by atoms with Crippen molar-refractivity contribution in [2.24, 2.45) is 23.2 Å². The molecular weight excluding hydrogens is 348 g/mol. The third-order valence-corrected chi connectivity index (χ3v) is 12.7. The first-order valence-corrected chi connectivity index (χ1v) is 14.4. The van der Waals surface area contributed by atoms with Crippen molar-refractivity contribution in [3.8, 4) is 0 Å². The van der Waals surface area contributed by atoms with Crippen LogP contribution < -0.4 is 0 Å². The molecule has 0 N–H and O–H groups in total. The Morgan fingerprint density at radius 2 is 1.89 bits per heavy atom. The molecule has 5 atom stereocenters. The summed E-state index contributed by atoms with van der Waals surface area (Å²) in [5, 5.41) is 0.305. The average Bonchev–Trinajstić information content (AvgIpc) is 2.91. The Labute approximate surface area is 170 Å². The zero-order chi connectivity index (χ0) is 20.3. The fraction of sp³-hybridized carbons (Fsp3) is 0.917. The molecule has 0 radical (unpaired) electrons. The smallest absolute Gasteiger partial charge is 0.192 e. The van der Waals surface area contributed by atoms with Crippen LogP contribution >= 0.6 is 0 Å². The largest absolute Gasteiger partial charge is 0.502 e. The predicted octanol–water partition coefficient (Wildman–Crippen LogP) is 7.56. The number of rotatable bonds is 8. The minimum Gasteiger partial charge on any atom is -0.502 e. The minimum atomic E-state index is -1.69. The molecule has 158 valence electrons. The van der Waals surface area contributed by atoms with Crippen LogP contribution in [0.2, 0.25) is 18.1 Å². The quantitative estimate of drug-likeness (QED) is 0.312. The maximum absolute atomic E-state index is 6.99. The van der Waals surface area contributed by atoms with Gasteiger partial charge in [-0.3, -0.25) is 0 Å². The number of allylic oxidation sites excluding steroid dienone is 1. The van der Waals surface area contributed by atoms with Crippen LogP contribution in [0.3, 0.4) is 0 Å². The van der Waals surface area contributed by atoms with Crippen molar-refractivity contribution in [3.63, 3.8) is 0 Å². The first kappa shape index (κ1) is 23.0. The van der Waals surface area contributed by atoms with Crippen LogP contribution in [0.15, 0.2) is 12.3 Å². The van der Waals surface area contributed by atoms with E-state index >= 15 is 0 Å². The molecule has 2 rings (SSSR count). The second kappa shape index (κ2) is 9.03. The standard InChI is InChI=1S/C24H46O2Si/c1-9-25-18-11-10-13-19(2)20-15-16-21-22(14-12-17-24(20,21)6)26-27(7,8)23(3,4)5/h11,18-22H,9-10,12-17H2,1-8H3/t19-,20+,21-,22-,24+/m0/s1. The van der Waals surface area contributed by atoms with Crippen molar-refractivity contribution in [3.05, 3.63) is 12.3 Å². The highest BCUT2D eigenvalue weighted by Gasteiger charge is 2.54. The zero-order valence-corrected chi connectivity index (χ0v) is 20.4. The van der Waals surface area contributed by atoms with Crippen LogP contribution in [0.5, 0.6) is 0 Å². The van der Waals surface area contributed by atoms with Crippen LogP contribution in [0.4, 0.5) is 0 Å². The molecule has 0 aromatic rings. The second-order valence-corrected chi connectivity index (χ2v) is 15.7. The van der Waals surface area contributed by atoms with Gasteiger partial charge in [0.1, 0.15) is 0 Å². The van der Waals surface area contributed by atoms with Gasteiger partial charge in [-0.1, -0.05) is 41.0 Å². The fourth-order valence-corrected chi connectivity index (χ4v) is 6.98. The lowest BCUT2D eigenvalue weighted by atomic mass is 9.61. The zero-order valence-electron chi connectivity index (χ0n) is 19.4. The van der Waals surface area contributed by atoms with E-state index in [0.29, 0.717) is 16.6 Å². The van der Waals surface area contributed by atoms with Crippen LogP contribution in [0.25, 0.3) is 0 Å². The van der Waals surface area contributed by atoms with Crippen LogP contribution in [0.1, 0.15) is 86.5 Å². The summed E-state index contributed by atoms with van der Waals surface area (Å²) in [7, 11) is -1.69. The fourth-order valence-electron chi connectivity index (χ4n) is 5.58. The molecule has 2 fully saturated rings. The molecule has 0 spiro atoms. The summed E-state index contributed by atoms with van der Waals surface area (Å²) in [6.07, 6.45) is 13.8. The van der Waals surface area contributed by atoms with Gasteiger partial charge in [-0.2, -0.15) is 0 Å². The first-order chi connectivity index (χ1) is 12.5. The van der Waals surface area contributed by atoms with E-state index in [1.807, 2.05) is 13.2 Å². The van der Waals surface area contributed by atoms with Crippen molar-refractivity contribution < 1.29 is 9.16 Å². The van der Waals surface area contributed by atoms with Gasteiger partial charge in [0.25, 0.3) is 0 Å². The summed E-state index contributed by atoms with van der Waals surface area (Å²) in [4.78, 5) is 0. The highest BCUT2D eigenvalue weighted by atomic mass is 28.4. The predicted molar refractivity (Wildman–Crippen MR) is 119 cm³/mol. The number of hydrogen-bond acceptors (Lipinski definition) is 2. The molecule has 2 saturated carbocycles. The number of ether oxygens (including phenoxy) is 1. The van der Waals surface area contributed by atoms with Crippen LogP contribution in [0, 0.1) is 23.2 Å².